The lowest BCUT2D eigenvalue weighted by atomic mass is 10.1. The molecule has 1 aliphatic rings. The van der Waals surface area contributed by atoms with Crippen LogP contribution in [0.2, 0.25) is 0 Å². The predicted molar refractivity (Wildman–Crippen MR) is 115 cm³/mol. The highest BCUT2D eigenvalue weighted by Gasteiger charge is 2.15. The van der Waals surface area contributed by atoms with Crippen LogP contribution in [0.4, 0.5) is 0 Å². The summed E-state index contributed by atoms with van der Waals surface area (Å²) in [6.45, 7) is 8.08. The number of carbonyl (C=O) groups is 1. The Balaban J connectivity index is 1.42. The molecule has 1 amide bonds. The number of nitrogens with zero attached hydrogens (tertiary/aromatic N) is 4. The lowest BCUT2D eigenvalue weighted by molar-refractivity contribution is -0.121. The van der Waals surface area contributed by atoms with Gasteiger partial charge in [-0.3, -0.25) is 4.79 Å². The zero-order chi connectivity index (χ0) is 20.2. The molecular weight excluding hydrogens is 362 g/mol. The van der Waals surface area contributed by atoms with Gasteiger partial charge in [-0.15, -0.1) is 0 Å². The molecular formula is C23H29N5O. The molecule has 6 nitrogen and oxygen atoms in total. The fraction of sp³-hybridized carbons (Fsp3) is 0.435. The van der Waals surface area contributed by atoms with Gasteiger partial charge < -0.3 is 10.2 Å². The Labute approximate surface area is 171 Å². The van der Waals surface area contributed by atoms with Gasteiger partial charge in [0.25, 0.3) is 0 Å². The topological polar surface area (TPSA) is 62.5 Å². The third-order valence-corrected chi connectivity index (χ3v) is 5.78. The summed E-state index contributed by atoms with van der Waals surface area (Å²) in [6, 6.07) is 12.2. The van der Waals surface area contributed by atoms with Gasteiger partial charge in [-0.2, -0.15) is 5.10 Å². The van der Waals surface area contributed by atoms with Crippen molar-refractivity contribution in [2.75, 3.05) is 26.2 Å². The van der Waals surface area contributed by atoms with Gasteiger partial charge in [0.05, 0.1) is 5.69 Å². The highest BCUT2D eigenvalue weighted by atomic mass is 16.1. The summed E-state index contributed by atoms with van der Waals surface area (Å²) in [7, 11) is 0. The van der Waals surface area contributed by atoms with Crippen LogP contribution in [0.25, 0.3) is 16.9 Å². The number of benzene rings is 1. The van der Waals surface area contributed by atoms with Crippen molar-refractivity contribution in [2.24, 2.45) is 0 Å². The number of aromatic nitrogens is 3. The minimum Gasteiger partial charge on any atom is -0.355 e. The number of carbonyl (C=O) groups excluding carboxylic acids is 1. The van der Waals surface area contributed by atoms with E-state index in [0.29, 0.717) is 12.8 Å². The first-order valence-corrected chi connectivity index (χ1v) is 10.5. The van der Waals surface area contributed by atoms with Gasteiger partial charge in [0.1, 0.15) is 0 Å². The predicted octanol–water partition coefficient (Wildman–Crippen LogP) is 3.16. The van der Waals surface area contributed by atoms with Crippen molar-refractivity contribution in [1.29, 1.82) is 0 Å². The number of fused-ring (bicyclic) bond motifs is 1. The molecule has 1 N–H and O–H groups in total. The summed E-state index contributed by atoms with van der Waals surface area (Å²) >= 11 is 0. The molecule has 2 aromatic heterocycles. The van der Waals surface area contributed by atoms with Crippen LogP contribution >= 0.6 is 0 Å². The lowest BCUT2D eigenvalue weighted by Crippen LogP contribution is -2.33. The number of rotatable bonds is 7. The lowest BCUT2D eigenvalue weighted by Gasteiger charge is -2.15. The summed E-state index contributed by atoms with van der Waals surface area (Å²) in [5.41, 5.74) is 5.97. The Hall–Kier alpha value is -2.73. The molecule has 29 heavy (non-hydrogen) atoms. The number of nitrogens with one attached hydrogen (secondary N) is 1. The third kappa shape index (κ3) is 4.48. The van der Waals surface area contributed by atoms with Crippen LogP contribution in [-0.2, 0) is 11.2 Å². The second-order valence-corrected chi connectivity index (χ2v) is 7.83. The van der Waals surface area contributed by atoms with E-state index in [1.54, 1.807) is 0 Å². The SMILES string of the molecule is Cc1nc2cc(-c3ccccc3)nn2c(C)c1CCC(=O)NCCN1CCCC1. The number of amides is 1. The largest absolute Gasteiger partial charge is 0.355 e. The Morgan fingerprint density at radius 2 is 1.90 bits per heavy atom. The van der Waals surface area contributed by atoms with Crippen molar-refractivity contribution in [3.63, 3.8) is 0 Å². The number of likely N-dealkylation sites (tertiary alicyclic amines) is 1. The van der Waals surface area contributed by atoms with Crippen LogP contribution in [0.5, 0.6) is 0 Å². The number of hydrogen-bond donors (Lipinski definition) is 1. The van der Waals surface area contributed by atoms with Gasteiger partial charge in [0, 0.05) is 42.5 Å². The second-order valence-electron chi connectivity index (χ2n) is 7.83. The summed E-state index contributed by atoms with van der Waals surface area (Å²) in [4.78, 5) is 19.4. The summed E-state index contributed by atoms with van der Waals surface area (Å²) in [6.07, 6.45) is 3.71. The Kier molecular flexibility index (Phi) is 5.90. The molecule has 0 radical (unpaired) electrons. The summed E-state index contributed by atoms with van der Waals surface area (Å²) < 4.78 is 1.90. The molecule has 1 aliphatic heterocycles. The molecule has 1 fully saturated rings. The highest BCUT2D eigenvalue weighted by Crippen LogP contribution is 2.22. The quantitative estimate of drug-likeness (QED) is 0.672. The molecule has 0 atom stereocenters. The van der Waals surface area contributed by atoms with E-state index in [0.717, 1.165) is 60.0 Å². The van der Waals surface area contributed by atoms with E-state index in [1.807, 2.05) is 35.7 Å². The molecule has 152 valence electrons. The van der Waals surface area contributed by atoms with Crippen molar-refractivity contribution in [1.82, 2.24) is 24.8 Å². The monoisotopic (exact) mass is 391 g/mol. The maximum atomic E-state index is 12.3. The first-order chi connectivity index (χ1) is 14.1. The van der Waals surface area contributed by atoms with Gasteiger partial charge >= 0.3 is 0 Å². The van der Waals surface area contributed by atoms with Crippen molar-refractivity contribution in [3.8, 4) is 11.3 Å². The van der Waals surface area contributed by atoms with Crippen LogP contribution in [-0.4, -0.2) is 51.6 Å². The molecule has 1 saturated heterocycles. The summed E-state index contributed by atoms with van der Waals surface area (Å²) in [5.74, 6) is 0.105. The average Bonchev–Trinajstić information content (AvgIpc) is 3.38. The van der Waals surface area contributed by atoms with E-state index in [4.69, 9.17) is 10.1 Å². The van der Waals surface area contributed by atoms with Gasteiger partial charge in [-0.25, -0.2) is 9.50 Å². The maximum Gasteiger partial charge on any atom is 0.220 e. The smallest absolute Gasteiger partial charge is 0.220 e. The van der Waals surface area contributed by atoms with Crippen LogP contribution in [0.1, 0.15) is 36.2 Å². The Morgan fingerprint density at radius 3 is 2.66 bits per heavy atom. The maximum absolute atomic E-state index is 12.3. The van der Waals surface area contributed by atoms with Gasteiger partial charge in [0.2, 0.25) is 5.91 Å². The molecule has 3 heterocycles. The van der Waals surface area contributed by atoms with Crippen molar-refractivity contribution >= 4 is 11.6 Å². The highest BCUT2D eigenvalue weighted by molar-refractivity contribution is 5.76. The van der Waals surface area contributed by atoms with E-state index in [2.05, 4.69) is 29.3 Å². The molecule has 1 aromatic carbocycles. The molecule has 3 aromatic rings. The van der Waals surface area contributed by atoms with Gasteiger partial charge in [-0.1, -0.05) is 30.3 Å². The molecule has 0 bridgehead atoms. The molecule has 0 spiro atoms. The first kappa shape index (κ1) is 19.6. The van der Waals surface area contributed by atoms with Crippen molar-refractivity contribution < 1.29 is 4.79 Å². The fourth-order valence-corrected chi connectivity index (χ4v) is 4.13. The Morgan fingerprint density at radius 1 is 1.14 bits per heavy atom. The van der Waals surface area contributed by atoms with E-state index >= 15 is 0 Å². The standard InChI is InChI=1S/C23H29N5O/c1-17-20(10-11-23(29)24-12-15-27-13-6-7-14-27)18(2)28-22(25-17)16-21(26-28)19-8-4-3-5-9-19/h3-5,8-9,16H,6-7,10-15H2,1-2H3,(H,24,29). The Bertz CT molecular complexity index is 989. The van der Waals surface area contributed by atoms with E-state index < -0.39 is 0 Å². The third-order valence-electron chi connectivity index (χ3n) is 5.78. The molecule has 0 saturated carbocycles. The van der Waals surface area contributed by atoms with E-state index in [1.165, 1.54) is 12.8 Å². The molecule has 4 rings (SSSR count). The molecule has 0 aliphatic carbocycles. The zero-order valence-corrected chi connectivity index (χ0v) is 17.3. The molecule has 0 unspecified atom stereocenters. The first-order valence-electron chi connectivity index (χ1n) is 10.5. The fourth-order valence-electron chi connectivity index (χ4n) is 4.13. The normalized spacial score (nSPS) is 14.6. The van der Waals surface area contributed by atoms with E-state index in [9.17, 15) is 4.79 Å². The van der Waals surface area contributed by atoms with Crippen molar-refractivity contribution in [2.45, 2.75) is 39.5 Å². The van der Waals surface area contributed by atoms with Gasteiger partial charge in [0.15, 0.2) is 5.65 Å². The van der Waals surface area contributed by atoms with E-state index in [-0.39, 0.29) is 5.91 Å². The van der Waals surface area contributed by atoms with Crippen LogP contribution < -0.4 is 5.32 Å². The average molecular weight is 392 g/mol. The van der Waals surface area contributed by atoms with Crippen molar-refractivity contribution in [3.05, 3.63) is 53.3 Å². The van der Waals surface area contributed by atoms with Crippen LogP contribution in [0, 0.1) is 13.8 Å². The van der Waals surface area contributed by atoms with Gasteiger partial charge in [-0.05, 0) is 51.8 Å². The molecule has 6 heteroatoms. The number of hydrogen-bond acceptors (Lipinski definition) is 4. The minimum atomic E-state index is 0.105. The van der Waals surface area contributed by atoms with Crippen LogP contribution in [0.15, 0.2) is 36.4 Å². The zero-order valence-electron chi connectivity index (χ0n) is 17.3. The number of aryl methyl sites for hydroxylation is 2. The minimum absolute atomic E-state index is 0.105. The second kappa shape index (κ2) is 8.74. The summed E-state index contributed by atoms with van der Waals surface area (Å²) in [5, 5.41) is 7.81. The van der Waals surface area contributed by atoms with Crippen LogP contribution in [0.3, 0.4) is 0 Å².